The summed E-state index contributed by atoms with van der Waals surface area (Å²) in [5, 5.41) is 1.31. The van der Waals surface area contributed by atoms with Crippen molar-refractivity contribution in [3.8, 4) is 0 Å². The number of thiocarbonyl (C=S) groups is 1. The Morgan fingerprint density at radius 3 is 2.15 bits per heavy atom. The molecule has 0 aliphatic carbocycles. The number of allylic oxidation sites excluding steroid dienone is 2. The number of fused-ring (bicyclic) bond motifs is 1. The van der Waals surface area contributed by atoms with E-state index in [-0.39, 0.29) is 22.5 Å². The van der Waals surface area contributed by atoms with Crippen LogP contribution >= 0.6 is 24.0 Å². The Hall–Kier alpha value is -2.90. The molecule has 2 aromatic rings. The third kappa shape index (κ3) is 4.95. The maximum absolute atomic E-state index is 13.0. The van der Waals surface area contributed by atoms with Gasteiger partial charge in [-0.05, 0) is 75.2 Å². The van der Waals surface area contributed by atoms with Gasteiger partial charge in [-0.3, -0.25) is 19.4 Å². The predicted molar refractivity (Wildman–Crippen MR) is 143 cm³/mol. The van der Waals surface area contributed by atoms with E-state index < -0.39 is 0 Å². The molecule has 0 saturated carbocycles. The van der Waals surface area contributed by atoms with Gasteiger partial charge in [-0.25, -0.2) is 0 Å². The first-order valence-corrected chi connectivity index (χ1v) is 13.0. The molecule has 2 heterocycles. The van der Waals surface area contributed by atoms with Crippen LogP contribution in [0.3, 0.4) is 0 Å². The van der Waals surface area contributed by atoms with Crippen molar-refractivity contribution in [2.75, 3.05) is 24.5 Å². The maximum atomic E-state index is 13.0. The molecular formula is C27H29N3O2S2. The number of para-hydroxylation sites is 1. The first-order valence-electron chi connectivity index (χ1n) is 11.7. The zero-order chi connectivity index (χ0) is 24.1. The lowest BCUT2D eigenvalue weighted by Crippen LogP contribution is -2.55. The molecule has 0 N–H and O–H groups in total. The molecule has 2 aromatic carbocycles. The Bertz CT molecular complexity index is 1120. The second-order valence-corrected chi connectivity index (χ2v) is 9.56. The number of hydrogen-bond acceptors (Lipinski definition) is 5. The molecule has 5 nitrogen and oxygen atoms in total. The van der Waals surface area contributed by atoms with Gasteiger partial charge in [0.1, 0.15) is 5.57 Å². The third-order valence-corrected chi connectivity index (χ3v) is 7.59. The van der Waals surface area contributed by atoms with Gasteiger partial charge in [-0.1, -0.05) is 54.2 Å². The second-order valence-electron chi connectivity index (χ2n) is 8.13. The van der Waals surface area contributed by atoms with Crippen LogP contribution in [0, 0.1) is 0 Å². The monoisotopic (exact) mass is 491 g/mol. The molecule has 176 valence electrons. The fourth-order valence-electron chi connectivity index (χ4n) is 4.21. The number of nitrogens with zero attached hydrogens (tertiary/aromatic N) is 3. The van der Waals surface area contributed by atoms with E-state index in [0.717, 1.165) is 30.8 Å². The standard InChI is InChI=1S/C27H29N3O2S2/c1-3-28-25(31)21(26(32)29(4-2)27(28)33)17-18-24-30(22-15-8-9-16-23(22)34-24)19-11-10-14-20-12-6-5-7-13-20/h5-9,12-13,15-18H,3-4,10-11,14,19H2,1-2H3. The van der Waals surface area contributed by atoms with Crippen LogP contribution in [0.4, 0.5) is 5.69 Å². The molecule has 2 aliphatic heterocycles. The number of carbonyl (C=O) groups excluding carboxylic acids is 2. The van der Waals surface area contributed by atoms with Crippen LogP contribution in [0.25, 0.3) is 0 Å². The maximum Gasteiger partial charge on any atom is 0.265 e. The summed E-state index contributed by atoms with van der Waals surface area (Å²) >= 11 is 7.03. The number of aryl methyl sites for hydroxylation is 1. The van der Waals surface area contributed by atoms with E-state index in [1.54, 1.807) is 17.8 Å². The summed E-state index contributed by atoms with van der Waals surface area (Å²) in [6, 6.07) is 18.9. The van der Waals surface area contributed by atoms with Gasteiger partial charge >= 0.3 is 0 Å². The Balaban J connectivity index is 1.54. The average Bonchev–Trinajstić information content (AvgIpc) is 3.20. The summed E-state index contributed by atoms with van der Waals surface area (Å²) in [4.78, 5) is 32.4. The molecule has 1 saturated heterocycles. The van der Waals surface area contributed by atoms with Gasteiger partial charge in [0.2, 0.25) is 0 Å². The van der Waals surface area contributed by atoms with Crippen molar-refractivity contribution in [1.29, 1.82) is 0 Å². The Kier molecular flexibility index (Phi) is 7.85. The number of anilines is 1. The van der Waals surface area contributed by atoms with Gasteiger partial charge in [0.25, 0.3) is 11.8 Å². The summed E-state index contributed by atoms with van der Waals surface area (Å²) in [6.07, 6.45) is 6.76. The summed E-state index contributed by atoms with van der Waals surface area (Å²) < 4.78 is 0. The first-order chi connectivity index (χ1) is 16.5. The third-order valence-electron chi connectivity index (χ3n) is 6.01. The van der Waals surface area contributed by atoms with Crippen LogP contribution in [0.5, 0.6) is 0 Å². The van der Waals surface area contributed by atoms with Gasteiger partial charge < -0.3 is 4.90 Å². The minimum Gasteiger partial charge on any atom is -0.335 e. The minimum absolute atomic E-state index is 0.158. The molecule has 0 unspecified atom stereocenters. The smallest absolute Gasteiger partial charge is 0.265 e. The first kappa shape index (κ1) is 24.2. The lowest BCUT2D eigenvalue weighted by Gasteiger charge is -2.35. The van der Waals surface area contributed by atoms with Crippen molar-refractivity contribution in [1.82, 2.24) is 9.80 Å². The van der Waals surface area contributed by atoms with Gasteiger partial charge in [-0.2, -0.15) is 0 Å². The summed E-state index contributed by atoms with van der Waals surface area (Å²) in [7, 11) is 0. The number of thioether (sulfide) groups is 1. The molecule has 0 bridgehead atoms. The van der Waals surface area contributed by atoms with Crippen molar-refractivity contribution in [3.63, 3.8) is 0 Å². The number of carbonyl (C=O) groups is 2. The van der Waals surface area contributed by atoms with Gasteiger partial charge in [0, 0.05) is 24.5 Å². The molecule has 7 heteroatoms. The van der Waals surface area contributed by atoms with E-state index in [1.165, 1.54) is 25.9 Å². The van der Waals surface area contributed by atoms with E-state index in [4.69, 9.17) is 12.2 Å². The minimum atomic E-state index is -0.325. The summed E-state index contributed by atoms with van der Waals surface area (Å²) in [5.74, 6) is -0.650. The molecule has 0 atom stereocenters. The highest BCUT2D eigenvalue weighted by Gasteiger charge is 2.37. The van der Waals surface area contributed by atoms with Crippen molar-refractivity contribution >= 4 is 46.6 Å². The van der Waals surface area contributed by atoms with Crippen molar-refractivity contribution in [2.45, 2.75) is 38.0 Å². The van der Waals surface area contributed by atoms with E-state index >= 15 is 0 Å². The molecule has 0 radical (unpaired) electrons. The van der Waals surface area contributed by atoms with Crippen LogP contribution in [0.15, 0.2) is 82.2 Å². The Labute approximate surface area is 211 Å². The number of hydrogen-bond donors (Lipinski definition) is 0. The van der Waals surface area contributed by atoms with Crippen LogP contribution in [-0.4, -0.2) is 46.4 Å². The number of likely N-dealkylation sites (N-methyl/N-ethyl adjacent to an activating group) is 2. The SMILES string of the molecule is CCN1C(=O)C(=CC=C2Sc3ccccc3N2CCCCc2ccccc2)C(=O)N(CC)C1=S. The largest absolute Gasteiger partial charge is 0.335 e. The number of amides is 2. The van der Waals surface area contributed by atoms with Gasteiger partial charge in [-0.15, -0.1) is 0 Å². The van der Waals surface area contributed by atoms with E-state index in [1.807, 2.05) is 38.1 Å². The normalized spacial score (nSPS) is 17.1. The molecular weight excluding hydrogens is 462 g/mol. The fraction of sp³-hybridized carbons (Fsp3) is 0.296. The molecule has 4 rings (SSSR count). The van der Waals surface area contributed by atoms with Crippen LogP contribution < -0.4 is 4.90 Å². The molecule has 2 amide bonds. The molecule has 2 aliphatic rings. The number of benzene rings is 2. The summed E-state index contributed by atoms with van der Waals surface area (Å²) in [5.41, 5.74) is 2.68. The van der Waals surface area contributed by atoms with Crippen LogP contribution in [0.1, 0.15) is 32.3 Å². The topological polar surface area (TPSA) is 43.9 Å². The van der Waals surface area contributed by atoms with Gasteiger partial charge in [0.05, 0.1) is 10.7 Å². The summed E-state index contributed by atoms with van der Waals surface area (Å²) in [6.45, 7) is 5.47. The highest BCUT2D eigenvalue weighted by molar-refractivity contribution is 8.03. The van der Waals surface area contributed by atoms with Crippen molar-refractivity contribution in [3.05, 3.63) is 82.9 Å². The quantitative estimate of drug-likeness (QED) is 0.215. The lowest BCUT2D eigenvalue weighted by molar-refractivity contribution is -0.133. The van der Waals surface area contributed by atoms with Crippen LogP contribution in [-0.2, 0) is 16.0 Å². The lowest BCUT2D eigenvalue weighted by atomic mass is 10.1. The fourth-order valence-corrected chi connectivity index (χ4v) is 5.72. The Morgan fingerprint density at radius 2 is 1.47 bits per heavy atom. The highest BCUT2D eigenvalue weighted by Crippen LogP contribution is 2.46. The van der Waals surface area contributed by atoms with Gasteiger partial charge in [0.15, 0.2) is 5.11 Å². The van der Waals surface area contributed by atoms with E-state index in [2.05, 4.69) is 41.3 Å². The van der Waals surface area contributed by atoms with Crippen molar-refractivity contribution < 1.29 is 9.59 Å². The molecule has 1 fully saturated rings. The predicted octanol–water partition coefficient (Wildman–Crippen LogP) is 5.38. The average molecular weight is 492 g/mol. The van der Waals surface area contributed by atoms with E-state index in [0.29, 0.717) is 13.1 Å². The zero-order valence-corrected chi connectivity index (χ0v) is 21.2. The molecule has 34 heavy (non-hydrogen) atoms. The van der Waals surface area contributed by atoms with Crippen molar-refractivity contribution in [2.24, 2.45) is 0 Å². The zero-order valence-electron chi connectivity index (χ0n) is 19.6. The number of unbranched alkanes of at least 4 members (excludes halogenated alkanes) is 1. The van der Waals surface area contributed by atoms with E-state index in [9.17, 15) is 9.59 Å². The Morgan fingerprint density at radius 1 is 0.824 bits per heavy atom. The molecule has 0 spiro atoms. The second kappa shape index (κ2) is 11.0. The van der Waals surface area contributed by atoms with Crippen LogP contribution in [0.2, 0.25) is 0 Å². The number of rotatable bonds is 8. The molecule has 0 aromatic heterocycles. The highest BCUT2D eigenvalue weighted by atomic mass is 32.2.